The minimum Gasteiger partial charge on any atom is -0.510 e. The lowest BCUT2D eigenvalue weighted by Gasteiger charge is -2.50. The molecule has 0 saturated heterocycles. The molecule has 0 heterocycles. The summed E-state index contributed by atoms with van der Waals surface area (Å²) in [5, 5.41) is 44.3. The van der Waals surface area contributed by atoms with Crippen LogP contribution in [-0.2, 0) is 32.5 Å². The van der Waals surface area contributed by atoms with Crippen LogP contribution < -0.4 is 10.5 Å². The Morgan fingerprint density at radius 3 is 2.45 bits per heavy atom. The van der Waals surface area contributed by atoms with Crippen molar-refractivity contribution in [1.29, 1.82) is 0 Å². The van der Waals surface area contributed by atoms with Crippen molar-refractivity contribution in [2.45, 2.75) is 37.3 Å². The van der Waals surface area contributed by atoms with Crippen LogP contribution in [-0.4, -0.2) is 89.8 Å². The Morgan fingerprint density at radius 2 is 1.87 bits per heavy atom. The van der Waals surface area contributed by atoms with E-state index in [0.717, 1.165) is 6.26 Å². The number of hydrogen-bond acceptors (Lipinski definition) is 10. The predicted octanol–water partition coefficient (Wildman–Crippen LogP) is -0.398. The van der Waals surface area contributed by atoms with E-state index < -0.39 is 68.1 Å². The van der Waals surface area contributed by atoms with E-state index in [2.05, 4.69) is 4.72 Å². The van der Waals surface area contributed by atoms with Gasteiger partial charge in [0.15, 0.2) is 11.4 Å². The number of sulfonamides is 1. The zero-order valence-corrected chi connectivity index (χ0v) is 22.0. The number of nitrogens with one attached hydrogen (secondary N) is 1. The monoisotopic (exact) mass is 549 g/mol. The number of rotatable bonds is 7. The molecule has 206 valence electrons. The van der Waals surface area contributed by atoms with Crippen molar-refractivity contribution in [3.63, 3.8) is 0 Å². The van der Waals surface area contributed by atoms with Gasteiger partial charge < -0.3 is 26.2 Å². The van der Waals surface area contributed by atoms with Crippen LogP contribution >= 0.6 is 0 Å². The summed E-state index contributed by atoms with van der Waals surface area (Å²) in [5.74, 6) is -6.99. The Balaban J connectivity index is 1.80. The minimum atomic E-state index is -3.37. The number of nitrogens with two attached hydrogens (primary N) is 1. The minimum absolute atomic E-state index is 0.00348. The second-order valence-electron chi connectivity index (χ2n) is 10.3. The van der Waals surface area contributed by atoms with Crippen LogP contribution in [0.25, 0.3) is 0 Å². The van der Waals surface area contributed by atoms with E-state index in [0.29, 0.717) is 24.0 Å². The number of hydrogen-bond donors (Lipinski definition) is 6. The van der Waals surface area contributed by atoms with Crippen LogP contribution in [0, 0.1) is 11.8 Å². The summed E-state index contributed by atoms with van der Waals surface area (Å²) in [6.45, 7) is 0.174. The number of carbonyl (C=O) groups is 3. The predicted molar refractivity (Wildman–Crippen MR) is 135 cm³/mol. The van der Waals surface area contributed by atoms with E-state index in [9.17, 15) is 43.2 Å². The molecule has 1 aromatic rings. The number of ketones is 2. The molecule has 0 aliphatic heterocycles. The number of amides is 1. The maximum atomic E-state index is 13.7. The lowest BCUT2D eigenvalue weighted by Crippen LogP contribution is -2.63. The zero-order valence-electron chi connectivity index (χ0n) is 21.2. The molecule has 0 aromatic heterocycles. The fourth-order valence-corrected chi connectivity index (χ4v) is 6.60. The Morgan fingerprint density at radius 1 is 1.21 bits per heavy atom. The summed E-state index contributed by atoms with van der Waals surface area (Å²) in [6, 6.07) is 1.91. The molecule has 1 aromatic carbocycles. The molecular weight excluding hydrogens is 518 g/mol. The van der Waals surface area contributed by atoms with Crippen molar-refractivity contribution < 1.29 is 43.2 Å². The highest BCUT2D eigenvalue weighted by Crippen LogP contribution is 2.52. The quantitative estimate of drug-likeness (QED) is 0.192. The number of Topliss-reactive ketones (excluding diaryl/α,β-unsaturated/α-hetero) is 2. The fraction of sp³-hybridized carbons (Fsp3) is 0.480. The van der Waals surface area contributed by atoms with Crippen LogP contribution in [0.15, 0.2) is 34.8 Å². The van der Waals surface area contributed by atoms with E-state index in [4.69, 9.17) is 5.73 Å². The smallest absolute Gasteiger partial charge is 0.255 e. The van der Waals surface area contributed by atoms with Gasteiger partial charge >= 0.3 is 0 Å². The SMILES string of the molecule is CN(C)[C@@H]1C(O)=C(C(N)=O)C(=O)[C@]2(O)C(O)=C3C(=O)c4c(O)ccc(CCCNS(C)(=O)=O)c4C[C@H]3C[C@@H]12. The molecule has 4 rings (SSSR count). The molecule has 0 unspecified atom stereocenters. The summed E-state index contributed by atoms with van der Waals surface area (Å²) in [7, 11) is -0.240. The number of aryl methyl sites for hydroxylation is 1. The topological polar surface area (TPSA) is 208 Å². The number of aromatic hydroxyl groups is 1. The Hall–Kier alpha value is -3.26. The van der Waals surface area contributed by atoms with E-state index in [1.54, 1.807) is 20.2 Å². The lowest BCUT2D eigenvalue weighted by molar-refractivity contribution is -0.148. The molecule has 3 aliphatic carbocycles. The van der Waals surface area contributed by atoms with Gasteiger partial charge in [-0.25, -0.2) is 13.1 Å². The number of phenols is 1. The maximum Gasteiger partial charge on any atom is 0.255 e. The highest BCUT2D eigenvalue weighted by molar-refractivity contribution is 7.88. The number of phenolic OH excluding ortho intramolecular Hbond substituents is 1. The third-order valence-electron chi connectivity index (χ3n) is 7.69. The molecule has 0 saturated carbocycles. The molecule has 12 nitrogen and oxygen atoms in total. The number of fused-ring (bicyclic) bond motifs is 3. The molecule has 1 amide bonds. The number of benzene rings is 1. The molecule has 3 aliphatic rings. The first-order valence-electron chi connectivity index (χ1n) is 12.0. The number of allylic oxidation sites excluding steroid dienone is 1. The van der Waals surface area contributed by atoms with Crippen LogP contribution in [0.1, 0.15) is 34.3 Å². The average molecular weight is 550 g/mol. The van der Waals surface area contributed by atoms with E-state index in [1.807, 2.05) is 0 Å². The summed E-state index contributed by atoms with van der Waals surface area (Å²) in [5.41, 5.74) is 2.73. The lowest BCUT2D eigenvalue weighted by atomic mass is 9.58. The van der Waals surface area contributed by atoms with Crippen molar-refractivity contribution in [1.82, 2.24) is 9.62 Å². The van der Waals surface area contributed by atoms with Gasteiger partial charge in [0, 0.05) is 18.0 Å². The molecule has 0 spiro atoms. The normalized spacial score (nSPS) is 27.3. The Kier molecular flexibility index (Phi) is 6.93. The first-order valence-corrected chi connectivity index (χ1v) is 13.9. The Labute approximate surface area is 219 Å². The van der Waals surface area contributed by atoms with Gasteiger partial charge in [0.05, 0.1) is 17.9 Å². The van der Waals surface area contributed by atoms with Crippen molar-refractivity contribution >= 4 is 27.5 Å². The number of aliphatic hydroxyl groups excluding tert-OH is 2. The number of nitrogens with zero attached hydrogens (tertiary/aromatic N) is 1. The van der Waals surface area contributed by atoms with E-state index >= 15 is 0 Å². The van der Waals surface area contributed by atoms with Crippen molar-refractivity contribution in [3.8, 4) is 5.75 Å². The van der Waals surface area contributed by atoms with Crippen molar-refractivity contribution in [3.05, 3.63) is 51.5 Å². The molecule has 7 N–H and O–H groups in total. The molecule has 4 atom stereocenters. The average Bonchev–Trinajstić information content (AvgIpc) is 2.79. The van der Waals surface area contributed by atoms with Gasteiger partial charge in [0.2, 0.25) is 15.8 Å². The maximum absolute atomic E-state index is 13.7. The third-order valence-corrected chi connectivity index (χ3v) is 8.42. The van der Waals surface area contributed by atoms with Gasteiger partial charge in [-0.05, 0) is 62.9 Å². The van der Waals surface area contributed by atoms with Gasteiger partial charge in [-0.2, -0.15) is 0 Å². The first-order chi connectivity index (χ1) is 17.6. The third kappa shape index (κ3) is 4.28. The summed E-state index contributed by atoms with van der Waals surface area (Å²) < 4.78 is 25.1. The molecule has 38 heavy (non-hydrogen) atoms. The van der Waals surface area contributed by atoms with Gasteiger partial charge in [0.25, 0.3) is 5.91 Å². The molecule has 0 radical (unpaired) electrons. The van der Waals surface area contributed by atoms with Crippen molar-refractivity contribution in [2.75, 3.05) is 26.9 Å². The van der Waals surface area contributed by atoms with E-state index in [-0.39, 0.29) is 36.3 Å². The largest absolute Gasteiger partial charge is 0.510 e. The van der Waals surface area contributed by atoms with Gasteiger partial charge in [-0.3, -0.25) is 19.3 Å². The van der Waals surface area contributed by atoms with Crippen LogP contribution in [0.5, 0.6) is 5.75 Å². The second-order valence-corrected chi connectivity index (χ2v) is 12.2. The van der Waals surface area contributed by atoms with Gasteiger partial charge in [0.1, 0.15) is 22.8 Å². The second kappa shape index (κ2) is 9.49. The molecule has 0 bridgehead atoms. The first kappa shape index (κ1) is 27.8. The molecule has 0 fully saturated rings. The van der Waals surface area contributed by atoms with Crippen LogP contribution in [0.2, 0.25) is 0 Å². The summed E-state index contributed by atoms with van der Waals surface area (Å²) in [6.07, 6.45) is 2.04. The highest BCUT2D eigenvalue weighted by atomic mass is 32.2. The summed E-state index contributed by atoms with van der Waals surface area (Å²) in [4.78, 5) is 40.5. The van der Waals surface area contributed by atoms with Gasteiger partial charge in [-0.15, -0.1) is 0 Å². The highest BCUT2D eigenvalue weighted by Gasteiger charge is 2.63. The number of primary amides is 1. The van der Waals surface area contributed by atoms with Crippen molar-refractivity contribution in [2.24, 2.45) is 17.6 Å². The number of carbonyl (C=O) groups excluding carboxylic acids is 3. The molecule has 13 heteroatoms. The van der Waals surface area contributed by atoms with Crippen LogP contribution in [0.4, 0.5) is 0 Å². The Bertz CT molecular complexity index is 1410. The number of likely N-dealkylation sites (N-methyl/N-ethyl adjacent to an activating group) is 1. The van der Waals surface area contributed by atoms with E-state index in [1.165, 1.54) is 11.0 Å². The van der Waals surface area contributed by atoms with Gasteiger partial charge in [-0.1, -0.05) is 6.07 Å². The standard InChI is InChI=1S/C25H31N3O9S/c1-28(2)19-14-10-12-9-13-11(5-4-8-27-38(3,36)37)6-7-15(29)17(13)20(30)16(12)22(32)25(14,35)23(33)18(21(19)31)24(26)34/h6-7,12,14,19,27,29,31-32,35H,4-5,8-10H2,1-3H3,(H2,26,34)/t12-,14-,19-,25+/m0/s1. The zero-order chi connectivity index (χ0) is 28.3. The number of aliphatic hydroxyl groups is 3. The fourth-order valence-electron chi connectivity index (χ4n) is 6.09. The van der Waals surface area contributed by atoms with Crippen LogP contribution in [0.3, 0.4) is 0 Å². The summed E-state index contributed by atoms with van der Waals surface area (Å²) >= 11 is 0. The molecular formula is C25H31N3O9S.